The van der Waals surface area contributed by atoms with Gasteiger partial charge in [-0.2, -0.15) is 0 Å². The van der Waals surface area contributed by atoms with Crippen LogP contribution < -0.4 is 0 Å². The first-order chi connectivity index (χ1) is 8.33. The van der Waals surface area contributed by atoms with E-state index in [2.05, 4.69) is 27.4 Å². The van der Waals surface area contributed by atoms with Gasteiger partial charge in [-0.15, -0.1) is 6.58 Å². The van der Waals surface area contributed by atoms with E-state index in [1.54, 1.807) is 6.08 Å². The molecule has 1 rings (SSSR count). The van der Waals surface area contributed by atoms with E-state index in [-0.39, 0.29) is 11.7 Å². The highest BCUT2D eigenvalue weighted by atomic mass is 16.8. The first-order valence-electron chi connectivity index (χ1n) is 6.89. The average Bonchev–Trinajstić information content (AvgIpc) is 2.67. The number of ether oxygens (including phenoxy) is 3. The third kappa shape index (κ3) is 4.08. The molecule has 3 atom stereocenters. The third-order valence-electron chi connectivity index (χ3n) is 3.67. The Hall–Kier alpha value is -0.380. The lowest BCUT2D eigenvalue weighted by Crippen LogP contribution is -2.45. The zero-order chi connectivity index (χ0) is 13.8. The second-order valence-corrected chi connectivity index (χ2v) is 5.95. The number of hydrogen-bond acceptors (Lipinski definition) is 3. The van der Waals surface area contributed by atoms with Gasteiger partial charge < -0.3 is 14.2 Å². The van der Waals surface area contributed by atoms with E-state index in [9.17, 15) is 0 Å². The van der Waals surface area contributed by atoms with Crippen molar-refractivity contribution >= 4 is 0 Å². The Morgan fingerprint density at radius 1 is 1.56 bits per heavy atom. The monoisotopic (exact) mass is 256 g/mol. The lowest BCUT2D eigenvalue weighted by atomic mass is 9.87. The number of hydrogen-bond donors (Lipinski definition) is 0. The SMILES string of the molecule is C=CCO[C@](C)(C[C@@H](C)CC)[C@H]1COC(C)(C)O1. The summed E-state index contributed by atoms with van der Waals surface area (Å²) in [6.45, 7) is 15.3. The van der Waals surface area contributed by atoms with Crippen LogP contribution in [0.15, 0.2) is 12.7 Å². The number of rotatable bonds is 7. The Labute approximate surface area is 111 Å². The molecule has 0 unspecified atom stereocenters. The summed E-state index contributed by atoms with van der Waals surface area (Å²) in [5, 5.41) is 0. The Kier molecular flexibility index (Phi) is 5.38. The Morgan fingerprint density at radius 3 is 2.67 bits per heavy atom. The molecule has 1 aliphatic rings. The highest BCUT2D eigenvalue weighted by molar-refractivity contribution is 4.91. The van der Waals surface area contributed by atoms with Crippen molar-refractivity contribution in [2.24, 2.45) is 5.92 Å². The minimum absolute atomic E-state index is 0.0125. The maximum absolute atomic E-state index is 6.01. The summed E-state index contributed by atoms with van der Waals surface area (Å²) in [6, 6.07) is 0. The van der Waals surface area contributed by atoms with Crippen LogP contribution in [0.1, 0.15) is 47.5 Å². The second kappa shape index (κ2) is 6.18. The Bertz CT molecular complexity index is 275. The van der Waals surface area contributed by atoms with Crippen LogP contribution in [0, 0.1) is 5.92 Å². The van der Waals surface area contributed by atoms with Crippen molar-refractivity contribution in [1.29, 1.82) is 0 Å². The fourth-order valence-electron chi connectivity index (χ4n) is 2.36. The predicted octanol–water partition coefficient (Wildman–Crippen LogP) is 3.54. The highest BCUT2D eigenvalue weighted by Gasteiger charge is 2.45. The molecular weight excluding hydrogens is 228 g/mol. The van der Waals surface area contributed by atoms with Crippen LogP contribution in [-0.4, -0.2) is 30.7 Å². The molecule has 0 spiro atoms. The van der Waals surface area contributed by atoms with Crippen molar-refractivity contribution in [2.45, 2.75) is 65.0 Å². The molecule has 0 aromatic heterocycles. The van der Waals surface area contributed by atoms with E-state index in [0.717, 1.165) is 12.8 Å². The third-order valence-corrected chi connectivity index (χ3v) is 3.67. The van der Waals surface area contributed by atoms with Gasteiger partial charge in [-0.25, -0.2) is 0 Å². The summed E-state index contributed by atoms with van der Waals surface area (Å²) < 4.78 is 17.6. The van der Waals surface area contributed by atoms with Gasteiger partial charge in [0.1, 0.15) is 6.10 Å². The molecule has 3 heteroatoms. The van der Waals surface area contributed by atoms with E-state index in [1.165, 1.54) is 0 Å². The molecule has 1 aliphatic heterocycles. The molecule has 0 bridgehead atoms. The van der Waals surface area contributed by atoms with Gasteiger partial charge in [0.05, 0.1) is 18.8 Å². The van der Waals surface area contributed by atoms with Crippen molar-refractivity contribution in [2.75, 3.05) is 13.2 Å². The van der Waals surface area contributed by atoms with E-state index in [4.69, 9.17) is 14.2 Å². The summed E-state index contributed by atoms with van der Waals surface area (Å²) in [4.78, 5) is 0. The standard InChI is InChI=1S/C15H28O3/c1-7-9-16-15(6,10-12(3)8-2)13-11-17-14(4,5)18-13/h7,12-13H,1,8-11H2,2-6H3/t12-,13+,15+/m0/s1. The Morgan fingerprint density at radius 2 is 2.22 bits per heavy atom. The van der Waals surface area contributed by atoms with Crippen LogP contribution in [0.3, 0.4) is 0 Å². The molecule has 0 N–H and O–H groups in total. The molecule has 1 fully saturated rings. The summed E-state index contributed by atoms with van der Waals surface area (Å²) in [6.07, 6.45) is 3.89. The topological polar surface area (TPSA) is 27.7 Å². The Balaban J connectivity index is 2.73. The van der Waals surface area contributed by atoms with Gasteiger partial charge in [-0.05, 0) is 33.1 Å². The molecule has 0 aliphatic carbocycles. The van der Waals surface area contributed by atoms with Crippen LogP contribution in [0.5, 0.6) is 0 Å². The maximum Gasteiger partial charge on any atom is 0.163 e. The lowest BCUT2D eigenvalue weighted by Gasteiger charge is -2.36. The van der Waals surface area contributed by atoms with E-state index in [0.29, 0.717) is 19.1 Å². The van der Waals surface area contributed by atoms with E-state index < -0.39 is 5.79 Å². The highest BCUT2D eigenvalue weighted by Crippen LogP contribution is 2.35. The summed E-state index contributed by atoms with van der Waals surface area (Å²) in [5.74, 6) is 0.103. The van der Waals surface area contributed by atoms with Crippen LogP contribution >= 0.6 is 0 Å². The lowest BCUT2D eigenvalue weighted by molar-refractivity contribution is -0.180. The quantitative estimate of drug-likeness (QED) is 0.652. The molecule has 106 valence electrons. The van der Waals surface area contributed by atoms with Gasteiger partial charge in [0.25, 0.3) is 0 Å². The van der Waals surface area contributed by atoms with Crippen molar-refractivity contribution in [3.8, 4) is 0 Å². The van der Waals surface area contributed by atoms with Gasteiger partial charge in [0.2, 0.25) is 0 Å². The zero-order valence-electron chi connectivity index (χ0n) is 12.5. The van der Waals surface area contributed by atoms with Crippen molar-refractivity contribution in [1.82, 2.24) is 0 Å². The first kappa shape index (κ1) is 15.7. The normalized spacial score (nSPS) is 27.7. The second-order valence-electron chi connectivity index (χ2n) is 5.95. The molecular formula is C15H28O3. The van der Waals surface area contributed by atoms with Gasteiger partial charge in [-0.3, -0.25) is 0 Å². The molecule has 0 aromatic rings. The van der Waals surface area contributed by atoms with E-state index >= 15 is 0 Å². The van der Waals surface area contributed by atoms with Crippen LogP contribution in [0.25, 0.3) is 0 Å². The van der Waals surface area contributed by atoms with Crippen LogP contribution in [0.2, 0.25) is 0 Å². The molecule has 3 nitrogen and oxygen atoms in total. The summed E-state index contributed by atoms with van der Waals surface area (Å²) in [7, 11) is 0. The van der Waals surface area contributed by atoms with Gasteiger partial charge in [-0.1, -0.05) is 26.3 Å². The fourth-order valence-corrected chi connectivity index (χ4v) is 2.36. The largest absolute Gasteiger partial charge is 0.368 e. The van der Waals surface area contributed by atoms with Gasteiger partial charge >= 0.3 is 0 Å². The zero-order valence-corrected chi connectivity index (χ0v) is 12.5. The molecule has 0 saturated carbocycles. The maximum atomic E-state index is 6.01. The minimum atomic E-state index is -0.501. The van der Waals surface area contributed by atoms with Crippen LogP contribution in [-0.2, 0) is 14.2 Å². The molecule has 1 heterocycles. The molecule has 1 saturated heterocycles. The van der Waals surface area contributed by atoms with Gasteiger partial charge in [0, 0.05) is 0 Å². The fraction of sp³-hybridized carbons (Fsp3) is 0.867. The minimum Gasteiger partial charge on any atom is -0.368 e. The van der Waals surface area contributed by atoms with E-state index in [1.807, 2.05) is 13.8 Å². The average molecular weight is 256 g/mol. The van der Waals surface area contributed by atoms with Crippen molar-refractivity contribution in [3.63, 3.8) is 0 Å². The van der Waals surface area contributed by atoms with Crippen molar-refractivity contribution in [3.05, 3.63) is 12.7 Å². The van der Waals surface area contributed by atoms with Gasteiger partial charge in [0.15, 0.2) is 5.79 Å². The smallest absolute Gasteiger partial charge is 0.163 e. The molecule has 18 heavy (non-hydrogen) atoms. The molecule has 0 aromatic carbocycles. The summed E-state index contributed by atoms with van der Waals surface area (Å²) in [5.41, 5.74) is -0.308. The molecule has 0 amide bonds. The van der Waals surface area contributed by atoms with Crippen molar-refractivity contribution < 1.29 is 14.2 Å². The predicted molar refractivity (Wildman–Crippen MR) is 73.5 cm³/mol. The summed E-state index contributed by atoms with van der Waals surface area (Å²) >= 11 is 0. The van der Waals surface area contributed by atoms with Crippen LogP contribution in [0.4, 0.5) is 0 Å². The first-order valence-corrected chi connectivity index (χ1v) is 6.89. The molecule has 0 radical (unpaired) electrons.